The van der Waals surface area contributed by atoms with Crippen LogP contribution in [0.25, 0.3) is 0 Å². The summed E-state index contributed by atoms with van der Waals surface area (Å²) in [4.78, 5) is 25.0. The molecule has 0 radical (unpaired) electrons. The van der Waals surface area contributed by atoms with Crippen LogP contribution in [0.15, 0.2) is 0 Å². The maximum Gasteiger partial charge on any atom is 0.252 e. The minimum atomic E-state index is -0.333. The molecule has 0 aliphatic carbocycles. The maximum absolute atomic E-state index is 12.1. The number of nitrogens with zero attached hydrogens (tertiary/aromatic N) is 1. The Morgan fingerprint density at radius 3 is 3.00 bits per heavy atom. The van der Waals surface area contributed by atoms with E-state index in [1.807, 2.05) is 6.92 Å². The van der Waals surface area contributed by atoms with Gasteiger partial charge in [-0.3, -0.25) is 9.59 Å². The van der Waals surface area contributed by atoms with Crippen molar-refractivity contribution in [3.8, 4) is 0 Å². The van der Waals surface area contributed by atoms with Crippen molar-refractivity contribution >= 4 is 11.8 Å². The van der Waals surface area contributed by atoms with Gasteiger partial charge < -0.3 is 15.0 Å². The highest BCUT2D eigenvalue weighted by Crippen LogP contribution is 2.21. The van der Waals surface area contributed by atoms with Gasteiger partial charge in [0.2, 0.25) is 5.91 Å². The van der Waals surface area contributed by atoms with Crippen LogP contribution in [0.5, 0.6) is 0 Å². The molecule has 2 saturated heterocycles. The van der Waals surface area contributed by atoms with Crippen molar-refractivity contribution in [1.29, 1.82) is 0 Å². The number of rotatable bonds is 1. The number of carbonyl (C=O) groups is 2. The number of ether oxygens (including phenoxy) is 1. The first-order chi connectivity index (χ1) is 7.66. The van der Waals surface area contributed by atoms with Gasteiger partial charge in [-0.05, 0) is 26.2 Å². The molecule has 5 heteroatoms. The maximum atomic E-state index is 12.1. The van der Waals surface area contributed by atoms with E-state index < -0.39 is 0 Å². The number of carbonyl (C=O) groups excluding carboxylic acids is 2. The minimum absolute atomic E-state index is 0.0265. The summed E-state index contributed by atoms with van der Waals surface area (Å²) in [6.45, 7) is 3.45. The molecule has 2 rings (SSSR count). The molecule has 0 saturated carbocycles. The number of amides is 2. The van der Waals surface area contributed by atoms with Crippen LogP contribution in [-0.4, -0.2) is 48.6 Å². The van der Waals surface area contributed by atoms with Crippen molar-refractivity contribution in [2.75, 3.05) is 19.6 Å². The average Bonchev–Trinajstić information content (AvgIpc) is 2.56. The van der Waals surface area contributed by atoms with Gasteiger partial charge in [0.05, 0.1) is 12.6 Å². The Balaban J connectivity index is 1.95. The highest BCUT2D eigenvalue weighted by atomic mass is 16.5. The van der Waals surface area contributed by atoms with Crippen molar-refractivity contribution < 1.29 is 14.3 Å². The van der Waals surface area contributed by atoms with Gasteiger partial charge in [0, 0.05) is 13.1 Å². The SMILES string of the molecule is CC1CCC(C(=O)N2CCCNC(=O)C2)O1. The second kappa shape index (κ2) is 4.82. The lowest BCUT2D eigenvalue weighted by molar-refractivity contribution is -0.144. The summed E-state index contributed by atoms with van der Waals surface area (Å²) in [5.74, 6) is -0.0988. The number of nitrogens with one attached hydrogen (secondary N) is 1. The molecule has 2 atom stereocenters. The second-order valence-electron chi connectivity index (χ2n) is 4.48. The lowest BCUT2D eigenvalue weighted by Crippen LogP contribution is -2.42. The van der Waals surface area contributed by atoms with E-state index in [2.05, 4.69) is 5.32 Å². The summed E-state index contributed by atoms with van der Waals surface area (Å²) in [6, 6.07) is 0. The van der Waals surface area contributed by atoms with E-state index in [4.69, 9.17) is 4.74 Å². The van der Waals surface area contributed by atoms with Gasteiger partial charge in [-0.1, -0.05) is 0 Å². The van der Waals surface area contributed by atoms with E-state index in [0.29, 0.717) is 13.1 Å². The molecule has 2 amide bonds. The van der Waals surface area contributed by atoms with E-state index in [-0.39, 0.29) is 30.6 Å². The molecule has 0 spiro atoms. The first kappa shape index (κ1) is 11.4. The highest BCUT2D eigenvalue weighted by molar-refractivity contribution is 5.87. The molecule has 2 aliphatic heterocycles. The van der Waals surface area contributed by atoms with Crippen molar-refractivity contribution in [2.45, 2.75) is 38.4 Å². The summed E-state index contributed by atoms with van der Waals surface area (Å²) < 4.78 is 5.53. The lowest BCUT2D eigenvalue weighted by Gasteiger charge is -2.22. The molecule has 0 aromatic heterocycles. The fourth-order valence-electron chi connectivity index (χ4n) is 2.18. The summed E-state index contributed by atoms with van der Waals surface area (Å²) in [5, 5.41) is 2.76. The Morgan fingerprint density at radius 2 is 2.31 bits per heavy atom. The van der Waals surface area contributed by atoms with Crippen LogP contribution in [0.1, 0.15) is 26.2 Å². The van der Waals surface area contributed by atoms with E-state index >= 15 is 0 Å². The Morgan fingerprint density at radius 1 is 1.50 bits per heavy atom. The lowest BCUT2D eigenvalue weighted by atomic mass is 10.2. The molecule has 2 fully saturated rings. The van der Waals surface area contributed by atoms with Crippen molar-refractivity contribution in [3.05, 3.63) is 0 Å². The molecule has 0 aromatic carbocycles. The van der Waals surface area contributed by atoms with Crippen LogP contribution in [0.2, 0.25) is 0 Å². The van der Waals surface area contributed by atoms with Gasteiger partial charge in [-0.25, -0.2) is 0 Å². The highest BCUT2D eigenvalue weighted by Gasteiger charge is 2.32. The topological polar surface area (TPSA) is 58.6 Å². The molecular weight excluding hydrogens is 208 g/mol. The van der Waals surface area contributed by atoms with Crippen LogP contribution in [0, 0.1) is 0 Å². The Kier molecular flexibility index (Phi) is 3.43. The average molecular weight is 226 g/mol. The Labute approximate surface area is 95.1 Å². The smallest absolute Gasteiger partial charge is 0.252 e. The standard InChI is InChI=1S/C11H18N2O3/c1-8-3-4-9(16-8)11(15)13-6-2-5-12-10(14)7-13/h8-9H,2-7H2,1H3,(H,12,14). The molecular formula is C11H18N2O3. The first-order valence-electron chi connectivity index (χ1n) is 5.88. The minimum Gasteiger partial charge on any atom is -0.365 e. The molecule has 2 unspecified atom stereocenters. The summed E-state index contributed by atoms with van der Waals surface area (Å²) >= 11 is 0. The van der Waals surface area contributed by atoms with Gasteiger partial charge in [-0.2, -0.15) is 0 Å². The zero-order valence-corrected chi connectivity index (χ0v) is 9.57. The van der Waals surface area contributed by atoms with Crippen molar-refractivity contribution in [3.63, 3.8) is 0 Å². The summed E-state index contributed by atoms with van der Waals surface area (Å²) in [5.41, 5.74) is 0. The van der Waals surface area contributed by atoms with Gasteiger partial charge in [0.1, 0.15) is 6.10 Å². The first-order valence-corrected chi connectivity index (χ1v) is 5.88. The van der Waals surface area contributed by atoms with E-state index in [1.54, 1.807) is 4.90 Å². The van der Waals surface area contributed by atoms with Crippen LogP contribution in [0.4, 0.5) is 0 Å². The van der Waals surface area contributed by atoms with Crippen molar-refractivity contribution in [2.24, 2.45) is 0 Å². The van der Waals surface area contributed by atoms with Crippen LogP contribution in [-0.2, 0) is 14.3 Å². The molecule has 0 bridgehead atoms. The van der Waals surface area contributed by atoms with Crippen LogP contribution >= 0.6 is 0 Å². The van der Waals surface area contributed by atoms with Crippen LogP contribution in [0.3, 0.4) is 0 Å². The predicted octanol–water partition coefficient (Wildman–Crippen LogP) is -0.0976. The Hall–Kier alpha value is -1.10. The third-order valence-electron chi connectivity index (χ3n) is 3.08. The quantitative estimate of drug-likeness (QED) is 0.679. The number of hydrogen-bond acceptors (Lipinski definition) is 3. The monoisotopic (exact) mass is 226 g/mol. The third kappa shape index (κ3) is 2.52. The molecule has 16 heavy (non-hydrogen) atoms. The zero-order chi connectivity index (χ0) is 11.5. The predicted molar refractivity (Wildman–Crippen MR) is 57.8 cm³/mol. The third-order valence-corrected chi connectivity index (χ3v) is 3.08. The second-order valence-corrected chi connectivity index (χ2v) is 4.48. The Bertz CT molecular complexity index is 293. The van der Waals surface area contributed by atoms with Crippen molar-refractivity contribution in [1.82, 2.24) is 10.2 Å². The normalized spacial score (nSPS) is 31.1. The molecule has 2 aliphatic rings. The van der Waals surface area contributed by atoms with E-state index in [0.717, 1.165) is 19.3 Å². The fraction of sp³-hybridized carbons (Fsp3) is 0.818. The summed E-state index contributed by atoms with van der Waals surface area (Å²) in [6.07, 6.45) is 2.35. The summed E-state index contributed by atoms with van der Waals surface area (Å²) in [7, 11) is 0. The van der Waals surface area contributed by atoms with E-state index in [1.165, 1.54) is 0 Å². The van der Waals surface area contributed by atoms with E-state index in [9.17, 15) is 9.59 Å². The molecule has 2 heterocycles. The van der Waals surface area contributed by atoms with Gasteiger partial charge in [0.25, 0.3) is 5.91 Å². The molecule has 90 valence electrons. The van der Waals surface area contributed by atoms with Gasteiger partial charge in [-0.15, -0.1) is 0 Å². The zero-order valence-electron chi connectivity index (χ0n) is 9.57. The largest absolute Gasteiger partial charge is 0.365 e. The van der Waals surface area contributed by atoms with Crippen LogP contribution < -0.4 is 5.32 Å². The fourth-order valence-corrected chi connectivity index (χ4v) is 2.18. The molecule has 0 aromatic rings. The number of hydrogen-bond donors (Lipinski definition) is 1. The molecule has 1 N–H and O–H groups in total. The molecule has 5 nitrogen and oxygen atoms in total. The van der Waals surface area contributed by atoms with Gasteiger partial charge in [0.15, 0.2) is 0 Å². The van der Waals surface area contributed by atoms with Gasteiger partial charge >= 0.3 is 0 Å².